The van der Waals surface area contributed by atoms with Gasteiger partial charge in [0.2, 0.25) is 0 Å². The van der Waals surface area contributed by atoms with Gasteiger partial charge in [-0.1, -0.05) is 12.1 Å². The Morgan fingerprint density at radius 1 is 1.13 bits per heavy atom. The Morgan fingerprint density at radius 3 is 2.68 bits per heavy atom. The Balaban J connectivity index is 1.44. The van der Waals surface area contributed by atoms with E-state index in [-0.39, 0.29) is 11.8 Å². The molecular formula is C24H26N4O2S. The van der Waals surface area contributed by atoms with Crippen molar-refractivity contribution in [1.82, 2.24) is 19.8 Å². The number of rotatable bonds is 5. The van der Waals surface area contributed by atoms with Gasteiger partial charge in [0, 0.05) is 73.2 Å². The lowest BCUT2D eigenvalue weighted by molar-refractivity contribution is -0.173. The highest BCUT2D eigenvalue weighted by Gasteiger charge is 2.57. The summed E-state index contributed by atoms with van der Waals surface area (Å²) in [6.45, 7) is 6.01. The van der Waals surface area contributed by atoms with Crippen LogP contribution in [0.4, 0.5) is 0 Å². The maximum atomic E-state index is 13.9. The van der Waals surface area contributed by atoms with Crippen molar-refractivity contribution < 1.29 is 9.53 Å². The number of aromatic nitrogens is 2. The molecule has 2 aliphatic rings. The molecule has 3 aromatic heterocycles. The van der Waals surface area contributed by atoms with E-state index in [1.54, 1.807) is 12.4 Å². The third kappa shape index (κ3) is 4.01. The minimum atomic E-state index is -0.879. The first-order chi connectivity index (χ1) is 15.1. The van der Waals surface area contributed by atoms with E-state index in [4.69, 9.17) is 4.74 Å². The second-order valence-electron chi connectivity index (χ2n) is 8.35. The lowest BCUT2D eigenvalue weighted by Crippen LogP contribution is -2.59. The zero-order chi connectivity index (χ0) is 21.3. The molecule has 0 aromatic carbocycles. The van der Waals surface area contributed by atoms with E-state index < -0.39 is 5.60 Å². The van der Waals surface area contributed by atoms with Crippen LogP contribution in [0.2, 0.25) is 0 Å². The van der Waals surface area contributed by atoms with Crippen LogP contribution in [0.1, 0.15) is 26.8 Å². The van der Waals surface area contributed by atoms with E-state index in [1.807, 2.05) is 46.8 Å². The Bertz CT molecular complexity index is 1040. The van der Waals surface area contributed by atoms with E-state index in [1.165, 1.54) is 9.75 Å². The third-order valence-electron chi connectivity index (χ3n) is 6.19. The second-order valence-corrected chi connectivity index (χ2v) is 9.72. The standard InChI is InChI=1S/C24H26N4O2S/c1-18-6-7-21(31-18)15-27-16-22(20-5-3-9-26-13-20)24(17-27)23(29)28(10-11-30-24)14-19-4-2-8-25-12-19/h2-9,12-13,22H,10-11,14-17H2,1H3/t22-,24+/m0/s1. The number of carbonyl (C=O) groups excluding carboxylic acids is 1. The maximum Gasteiger partial charge on any atom is 0.257 e. The van der Waals surface area contributed by atoms with Crippen LogP contribution in [0.5, 0.6) is 0 Å². The number of aryl methyl sites for hydroxylation is 1. The number of hydrogen-bond donors (Lipinski definition) is 0. The number of thiophene rings is 1. The average Bonchev–Trinajstić information content (AvgIpc) is 3.37. The van der Waals surface area contributed by atoms with Crippen LogP contribution in [0.25, 0.3) is 0 Å². The first-order valence-corrected chi connectivity index (χ1v) is 11.5. The molecule has 0 aliphatic carbocycles. The fraction of sp³-hybridized carbons (Fsp3) is 0.375. The van der Waals surface area contributed by atoms with E-state index in [0.29, 0.717) is 26.2 Å². The normalized spacial score (nSPS) is 24.2. The molecule has 2 saturated heterocycles. The highest BCUT2D eigenvalue weighted by Crippen LogP contribution is 2.42. The number of nitrogens with zero attached hydrogens (tertiary/aromatic N) is 4. The van der Waals surface area contributed by atoms with Gasteiger partial charge in [0.15, 0.2) is 5.60 Å². The number of ether oxygens (including phenoxy) is 1. The van der Waals surface area contributed by atoms with E-state index in [2.05, 4.69) is 40.0 Å². The Labute approximate surface area is 186 Å². The van der Waals surface area contributed by atoms with Crippen LogP contribution in [0, 0.1) is 6.92 Å². The predicted molar refractivity (Wildman–Crippen MR) is 120 cm³/mol. The summed E-state index contributed by atoms with van der Waals surface area (Å²) in [5.74, 6) is 0.0211. The quantitative estimate of drug-likeness (QED) is 0.617. The van der Waals surface area contributed by atoms with Crippen LogP contribution in [0.15, 0.2) is 61.2 Å². The molecule has 0 unspecified atom stereocenters. The Morgan fingerprint density at radius 2 is 1.97 bits per heavy atom. The molecule has 5 heterocycles. The molecule has 2 atom stereocenters. The lowest BCUT2D eigenvalue weighted by Gasteiger charge is -2.42. The SMILES string of the molecule is Cc1ccc(CN2C[C@@H](c3cccnc3)[C@@]3(C2)OCCN(Cc2cccnc2)C3=O)s1. The fourth-order valence-corrected chi connectivity index (χ4v) is 5.71. The topological polar surface area (TPSA) is 58.6 Å². The van der Waals surface area contributed by atoms with Gasteiger partial charge in [-0.3, -0.25) is 19.7 Å². The van der Waals surface area contributed by atoms with E-state index in [0.717, 1.165) is 24.2 Å². The van der Waals surface area contributed by atoms with Gasteiger partial charge in [-0.05, 0) is 42.3 Å². The summed E-state index contributed by atoms with van der Waals surface area (Å²) >= 11 is 1.81. The summed E-state index contributed by atoms with van der Waals surface area (Å²) < 4.78 is 6.37. The van der Waals surface area contributed by atoms with Crippen LogP contribution in [-0.4, -0.2) is 57.5 Å². The van der Waals surface area contributed by atoms with Crippen molar-refractivity contribution in [2.45, 2.75) is 31.5 Å². The van der Waals surface area contributed by atoms with Gasteiger partial charge in [0.1, 0.15) is 0 Å². The Kier molecular flexibility index (Phi) is 5.56. The first kappa shape index (κ1) is 20.3. The summed E-state index contributed by atoms with van der Waals surface area (Å²) in [7, 11) is 0. The van der Waals surface area contributed by atoms with Crippen molar-refractivity contribution in [3.8, 4) is 0 Å². The summed E-state index contributed by atoms with van der Waals surface area (Å²) in [6, 6.07) is 12.3. The van der Waals surface area contributed by atoms with E-state index >= 15 is 0 Å². The van der Waals surface area contributed by atoms with Crippen LogP contribution < -0.4 is 0 Å². The molecule has 6 nitrogen and oxygen atoms in total. The largest absolute Gasteiger partial charge is 0.361 e. The number of pyridine rings is 2. The van der Waals surface area contributed by atoms with Crippen molar-refractivity contribution >= 4 is 17.2 Å². The summed E-state index contributed by atoms with van der Waals surface area (Å²) in [5.41, 5.74) is 1.22. The molecule has 160 valence electrons. The first-order valence-electron chi connectivity index (χ1n) is 10.6. The predicted octanol–water partition coefficient (Wildman–Crippen LogP) is 3.24. The molecule has 0 N–H and O–H groups in total. The number of amides is 1. The minimum Gasteiger partial charge on any atom is -0.361 e. The number of likely N-dealkylation sites (tertiary alicyclic amines) is 1. The van der Waals surface area contributed by atoms with Gasteiger partial charge in [-0.25, -0.2) is 0 Å². The van der Waals surface area contributed by atoms with Crippen molar-refractivity contribution in [2.24, 2.45) is 0 Å². The minimum absolute atomic E-state index is 0.0496. The smallest absolute Gasteiger partial charge is 0.257 e. The highest BCUT2D eigenvalue weighted by atomic mass is 32.1. The molecule has 0 radical (unpaired) electrons. The van der Waals surface area contributed by atoms with Gasteiger partial charge in [0.25, 0.3) is 5.91 Å². The molecule has 31 heavy (non-hydrogen) atoms. The fourth-order valence-electron chi connectivity index (χ4n) is 4.77. The summed E-state index contributed by atoms with van der Waals surface area (Å²) in [4.78, 5) is 29.3. The lowest BCUT2D eigenvalue weighted by atomic mass is 9.83. The second kappa shape index (κ2) is 8.49. The van der Waals surface area contributed by atoms with Crippen molar-refractivity contribution in [2.75, 3.05) is 26.2 Å². The molecule has 3 aromatic rings. The summed E-state index contributed by atoms with van der Waals surface area (Å²) in [5, 5.41) is 0. The van der Waals surface area contributed by atoms with Crippen LogP contribution in [-0.2, 0) is 22.6 Å². The van der Waals surface area contributed by atoms with Crippen LogP contribution >= 0.6 is 11.3 Å². The zero-order valence-electron chi connectivity index (χ0n) is 17.6. The molecular weight excluding hydrogens is 408 g/mol. The molecule has 0 bridgehead atoms. The monoisotopic (exact) mass is 434 g/mol. The summed E-state index contributed by atoms with van der Waals surface area (Å²) in [6.07, 6.45) is 7.23. The Hall–Kier alpha value is -2.61. The van der Waals surface area contributed by atoms with Gasteiger partial charge < -0.3 is 9.64 Å². The molecule has 1 amide bonds. The highest BCUT2D eigenvalue weighted by molar-refractivity contribution is 7.11. The average molecular weight is 435 g/mol. The van der Waals surface area contributed by atoms with Crippen molar-refractivity contribution in [1.29, 1.82) is 0 Å². The third-order valence-corrected chi connectivity index (χ3v) is 7.18. The number of morpholine rings is 1. The molecule has 5 rings (SSSR count). The van der Waals surface area contributed by atoms with Gasteiger partial charge in [-0.15, -0.1) is 11.3 Å². The van der Waals surface area contributed by atoms with Gasteiger partial charge in [0.05, 0.1) is 6.61 Å². The maximum absolute atomic E-state index is 13.9. The molecule has 2 aliphatic heterocycles. The van der Waals surface area contributed by atoms with Gasteiger partial charge in [-0.2, -0.15) is 0 Å². The molecule has 1 spiro atoms. The molecule has 2 fully saturated rings. The number of hydrogen-bond acceptors (Lipinski definition) is 6. The van der Waals surface area contributed by atoms with Crippen molar-refractivity contribution in [3.63, 3.8) is 0 Å². The van der Waals surface area contributed by atoms with Crippen molar-refractivity contribution in [3.05, 3.63) is 82.1 Å². The molecule has 0 saturated carbocycles. The molecule has 7 heteroatoms. The van der Waals surface area contributed by atoms with E-state index in [9.17, 15) is 4.79 Å². The zero-order valence-corrected chi connectivity index (χ0v) is 18.4. The van der Waals surface area contributed by atoms with Crippen LogP contribution in [0.3, 0.4) is 0 Å². The van der Waals surface area contributed by atoms with Gasteiger partial charge >= 0.3 is 0 Å². The number of carbonyl (C=O) groups is 1.